The quantitative estimate of drug-likeness (QED) is 0.420. The van der Waals surface area contributed by atoms with Gasteiger partial charge in [0.1, 0.15) is 17.5 Å². The summed E-state index contributed by atoms with van der Waals surface area (Å²) < 4.78 is 41.5. The van der Waals surface area contributed by atoms with Gasteiger partial charge in [-0.15, -0.1) is 11.6 Å². The van der Waals surface area contributed by atoms with E-state index in [1.807, 2.05) is 0 Å². The second-order valence-corrected chi connectivity index (χ2v) is 6.02. The Kier molecular flexibility index (Phi) is 4.58. The van der Waals surface area contributed by atoms with E-state index in [9.17, 15) is 13.2 Å². The average molecular weight is 414 g/mol. The van der Waals surface area contributed by atoms with E-state index in [0.717, 1.165) is 12.1 Å². The molecule has 0 spiro atoms. The predicted octanol–water partition coefficient (Wildman–Crippen LogP) is 5.96. The van der Waals surface area contributed by atoms with E-state index in [0.29, 0.717) is 4.47 Å². The molecular weight excluding hydrogens is 408 g/mol. The Morgan fingerprint density at radius 3 is 2.11 bits per heavy atom. The minimum absolute atomic E-state index is 0.00565. The molecule has 0 aliphatic carbocycles. The highest BCUT2D eigenvalue weighted by Crippen LogP contribution is 2.35. The van der Waals surface area contributed by atoms with Crippen LogP contribution in [0.1, 0.15) is 16.5 Å². The molecule has 0 aliphatic rings. The minimum Gasteiger partial charge on any atom is -0.207 e. The second kappa shape index (κ2) is 5.85. The van der Waals surface area contributed by atoms with Gasteiger partial charge in [0.2, 0.25) is 0 Å². The molecule has 0 aromatic heterocycles. The summed E-state index contributed by atoms with van der Waals surface area (Å²) in [5, 5.41) is -1.10. The molecule has 0 heterocycles. The molecule has 0 amide bonds. The summed E-state index contributed by atoms with van der Waals surface area (Å²) in [6, 6.07) is 6.16. The van der Waals surface area contributed by atoms with Gasteiger partial charge in [0.05, 0.1) is 9.85 Å². The van der Waals surface area contributed by atoms with Crippen LogP contribution in [0, 0.1) is 17.5 Å². The lowest BCUT2D eigenvalue weighted by Gasteiger charge is -2.13. The van der Waals surface area contributed by atoms with Crippen LogP contribution in [0.2, 0.25) is 0 Å². The smallest absolute Gasteiger partial charge is 0.137 e. The maximum Gasteiger partial charge on any atom is 0.137 e. The molecule has 0 saturated heterocycles. The van der Waals surface area contributed by atoms with Crippen molar-refractivity contribution < 1.29 is 13.2 Å². The monoisotopic (exact) mass is 412 g/mol. The summed E-state index contributed by atoms with van der Waals surface area (Å²) in [5.74, 6) is -1.94. The van der Waals surface area contributed by atoms with E-state index >= 15 is 0 Å². The molecule has 100 valence electrons. The first-order valence-electron chi connectivity index (χ1n) is 5.13. The first-order chi connectivity index (χ1) is 8.90. The molecule has 0 radical (unpaired) electrons. The Balaban J connectivity index is 2.49. The Bertz CT molecular complexity index is 632. The highest BCUT2D eigenvalue weighted by atomic mass is 79.9. The highest BCUT2D eigenvalue weighted by Gasteiger charge is 2.20. The molecule has 19 heavy (non-hydrogen) atoms. The van der Waals surface area contributed by atoms with Gasteiger partial charge in [-0.05, 0) is 40.2 Å². The molecule has 0 N–H and O–H groups in total. The van der Waals surface area contributed by atoms with Crippen LogP contribution in [0.3, 0.4) is 0 Å². The number of hydrogen-bond donors (Lipinski definition) is 0. The molecule has 0 bridgehead atoms. The molecule has 6 heteroatoms. The molecule has 0 nitrogen and oxygen atoms in total. The van der Waals surface area contributed by atoms with Crippen LogP contribution in [0.4, 0.5) is 13.2 Å². The van der Waals surface area contributed by atoms with Gasteiger partial charge < -0.3 is 0 Å². The van der Waals surface area contributed by atoms with Crippen LogP contribution < -0.4 is 0 Å². The number of halogens is 6. The van der Waals surface area contributed by atoms with Gasteiger partial charge in [-0.1, -0.05) is 22.0 Å². The van der Waals surface area contributed by atoms with Crippen LogP contribution in [0.5, 0.6) is 0 Å². The van der Waals surface area contributed by atoms with Gasteiger partial charge in [-0.3, -0.25) is 0 Å². The van der Waals surface area contributed by atoms with Crippen molar-refractivity contribution in [2.45, 2.75) is 5.38 Å². The zero-order valence-corrected chi connectivity index (χ0v) is 13.2. The fourth-order valence-corrected chi connectivity index (χ4v) is 2.60. The van der Waals surface area contributed by atoms with Crippen LogP contribution in [0.15, 0.2) is 39.3 Å². The van der Waals surface area contributed by atoms with Crippen molar-refractivity contribution in [1.82, 2.24) is 0 Å². The number of alkyl halides is 1. The largest absolute Gasteiger partial charge is 0.207 e. The summed E-state index contributed by atoms with van der Waals surface area (Å²) in [5.41, 5.74) is -0.0194. The third kappa shape index (κ3) is 3.15. The van der Waals surface area contributed by atoms with Gasteiger partial charge in [-0.2, -0.15) is 0 Å². The van der Waals surface area contributed by atoms with E-state index in [1.165, 1.54) is 12.1 Å². The zero-order valence-electron chi connectivity index (χ0n) is 9.23. The summed E-state index contributed by atoms with van der Waals surface area (Å²) >= 11 is 12.0. The topological polar surface area (TPSA) is 0 Å². The zero-order chi connectivity index (χ0) is 14.2. The van der Waals surface area contributed by atoms with Crippen molar-refractivity contribution in [3.8, 4) is 0 Å². The molecule has 1 unspecified atom stereocenters. The molecule has 0 fully saturated rings. The third-order valence-electron chi connectivity index (χ3n) is 2.55. The Morgan fingerprint density at radius 2 is 1.47 bits per heavy atom. The Morgan fingerprint density at radius 1 is 0.842 bits per heavy atom. The fourth-order valence-electron chi connectivity index (χ4n) is 1.61. The lowest BCUT2D eigenvalue weighted by molar-refractivity contribution is 0.576. The van der Waals surface area contributed by atoms with Crippen LogP contribution >= 0.6 is 43.5 Å². The summed E-state index contributed by atoms with van der Waals surface area (Å²) in [6.07, 6.45) is 0. The predicted molar refractivity (Wildman–Crippen MR) is 75.9 cm³/mol. The fraction of sp³-hybridized carbons (Fsp3) is 0.0769. The number of hydrogen-bond acceptors (Lipinski definition) is 0. The standard InChI is InChI=1S/C13H6Br2ClF3/c14-6-1-2-7(10(17)3-6)13(16)8-4-12(19)9(15)5-11(8)18/h1-5,13H. The molecular formula is C13H6Br2ClF3. The van der Waals surface area contributed by atoms with Gasteiger partial charge >= 0.3 is 0 Å². The highest BCUT2D eigenvalue weighted by molar-refractivity contribution is 9.10. The van der Waals surface area contributed by atoms with Crippen molar-refractivity contribution in [1.29, 1.82) is 0 Å². The van der Waals surface area contributed by atoms with Gasteiger partial charge in [0, 0.05) is 15.6 Å². The van der Waals surface area contributed by atoms with Crippen molar-refractivity contribution in [2.75, 3.05) is 0 Å². The molecule has 1 atom stereocenters. The van der Waals surface area contributed by atoms with E-state index in [-0.39, 0.29) is 15.6 Å². The van der Waals surface area contributed by atoms with Gasteiger partial charge in [0.15, 0.2) is 0 Å². The molecule has 2 aromatic rings. The SMILES string of the molecule is Fc1cc(C(Cl)c2ccc(Br)cc2F)c(F)cc1Br. The van der Waals surface area contributed by atoms with Crippen LogP contribution in [0.25, 0.3) is 0 Å². The van der Waals surface area contributed by atoms with Gasteiger partial charge in [-0.25, -0.2) is 13.2 Å². The van der Waals surface area contributed by atoms with E-state index in [2.05, 4.69) is 31.9 Å². The van der Waals surface area contributed by atoms with Crippen LogP contribution in [-0.2, 0) is 0 Å². The summed E-state index contributed by atoms with van der Waals surface area (Å²) in [6.45, 7) is 0. The third-order valence-corrected chi connectivity index (χ3v) is 4.12. The molecule has 2 rings (SSSR count). The van der Waals surface area contributed by atoms with E-state index in [1.54, 1.807) is 6.07 Å². The van der Waals surface area contributed by atoms with Crippen molar-refractivity contribution in [2.24, 2.45) is 0 Å². The lowest BCUT2D eigenvalue weighted by Crippen LogP contribution is -2.01. The Labute approximate surface area is 129 Å². The molecule has 0 saturated carbocycles. The van der Waals surface area contributed by atoms with Gasteiger partial charge in [0.25, 0.3) is 0 Å². The lowest BCUT2D eigenvalue weighted by atomic mass is 10.0. The summed E-state index contributed by atoms with van der Waals surface area (Å²) in [7, 11) is 0. The van der Waals surface area contributed by atoms with Crippen molar-refractivity contribution >= 4 is 43.5 Å². The average Bonchev–Trinajstić information content (AvgIpc) is 2.33. The van der Waals surface area contributed by atoms with E-state index in [4.69, 9.17) is 11.6 Å². The normalized spacial score (nSPS) is 12.5. The maximum atomic E-state index is 13.8. The summed E-state index contributed by atoms with van der Waals surface area (Å²) in [4.78, 5) is 0. The van der Waals surface area contributed by atoms with Crippen molar-refractivity contribution in [3.05, 3.63) is 67.9 Å². The minimum atomic E-state index is -1.10. The second-order valence-electron chi connectivity index (χ2n) is 3.82. The first kappa shape index (κ1) is 14.9. The maximum absolute atomic E-state index is 13.8. The van der Waals surface area contributed by atoms with Crippen molar-refractivity contribution in [3.63, 3.8) is 0 Å². The number of rotatable bonds is 2. The first-order valence-corrected chi connectivity index (χ1v) is 7.16. The Hall–Kier alpha value is -0.520. The van der Waals surface area contributed by atoms with E-state index < -0.39 is 22.8 Å². The van der Waals surface area contributed by atoms with Crippen LogP contribution in [-0.4, -0.2) is 0 Å². The molecule has 0 aliphatic heterocycles. The molecule has 2 aromatic carbocycles. The number of benzene rings is 2.